The van der Waals surface area contributed by atoms with Gasteiger partial charge in [-0.1, -0.05) is 30.3 Å². The standard InChI is InChI=1S/C10H10N2O2/c11-12-9(10(13)14)7-6-8-4-2-1-3-5-8/h1-5H,6-7H2,(H,13,14). The molecule has 0 aromatic heterocycles. The highest BCUT2D eigenvalue weighted by molar-refractivity contribution is 6.32. The Bertz CT molecular complexity index is 367. The van der Waals surface area contributed by atoms with E-state index in [2.05, 4.69) is 4.79 Å². The lowest BCUT2D eigenvalue weighted by Crippen LogP contribution is -2.14. The zero-order chi connectivity index (χ0) is 10.4. The Balaban J connectivity index is 2.57. The van der Waals surface area contributed by atoms with Crippen LogP contribution in [0.25, 0.3) is 5.53 Å². The van der Waals surface area contributed by atoms with Gasteiger partial charge in [-0.3, -0.25) is 0 Å². The van der Waals surface area contributed by atoms with E-state index in [9.17, 15) is 4.79 Å². The summed E-state index contributed by atoms with van der Waals surface area (Å²) in [5, 5.41) is 8.56. The van der Waals surface area contributed by atoms with Crippen LogP contribution in [0.4, 0.5) is 0 Å². The third kappa shape index (κ3) is 2.84. The largest absolute Gasteiger partial charge is 0.473 e. The SMILES string of the molecule is [N-]=[N+]=C(CCc1ccccc1)C(=O)O. The number of rotatable bonds is 4. The van der Waals surface area contributed by atoms with Crippen LogP contribution in [0.1, 0.15) is 12.0 Å². The minimum atomic E-state index is -1.18. The lowest BCUT2D eigenvalue weighted by Gasteiger charge is -1.95. The molecule has 4 nitrogen and oxygen atoms in total. The maximum atomic E-state index is 10.5. The average molecular weight is 190 g/mol. The molecule has 0 fully saturated rings. The third-order valence-electron chi connectivity index (χ3n) is 1.86. The van der Waals surface area contributed by atoms with Gasteiger partial charge >= 0.3 is 11.7 Å². The first-order valence-corrected chi connectivity index (χ1v) is 4.22. The van der Waals surface area contributed by atoms with Crippen LogP contribution in [-0.2, 0) is 11.2 Å². The molecule has 4 heteroatoms. The molecule has 1 N–H and O–H groups in total. The maximum absolute atomic E-state index is 10.5. The van der Waals surface area contributed by atoms with Crippen molar-refractivity contribution in [2.45, 2.75) is 12.8 Å². The molecule has 1 rings (SSSR count). The summed E-state index contributed by atoms with van der Waals surface area (Å²) in [5.74, 6) is -1.18. The number of carboxylic acid groups (broad SMARTS) is 1. The molecule has 0 saturated heterocycles. The van der Waals surface area contributed by atoms with Crippen molar-refractivity contribution in [1.29, 1.82) is 0 Å². The van der Waals surface area contributed by atoms with Gasteiger partial charge in [-0.2, -0.15) is 4.79 Å². The van der Waals surface area contributed by atoms with Gasteiger partial charge in [0, 0.05) is 0 Å². The van der Waals surface area contributed by atoms with E-state index >= 15 is 0 Å². The molecular weight excluding hydrogens is 180 g/mol. The zero-order valence-electron chi connectivity index (χ0n) is 7.55. The lowest BCUT2D eigenvalue weighted by molar-refractivity contribution is -0.134. The molecule has 0 aliphatic heterocycles. The van der Waals surface area contributed by atoms with Crippen molar-refractivity contribution in [2.75, 3.05) is 0 Å². The number of aliphatic carboxylic acids is 1. The van der Waals surface area contributed by atoms with Gasteiger partial charge in [-0.05, 0) is 12.0 Å². The first-order chi connectivity index (χ1) is 6.74. The Labute approximate surface area is 81.4 Å². The Morgan fingerprint density at radius 3 is 2.50 bits per heavy atom. The fourth-order valence-electron chi connectivity index (χ4n) is 1.11. The molecule has 0 unspecified atom stereocenters. The monoisotopic (exact) mass is 190 g/mol. The summed E-state index contributed by atoms with van der Waals surface area (Å²) in [6.45, 7) is 0. The van der Waals surface area contributed by atoms with Crippen LogP contribution >= 0.6 is 0 Å². The van der Waals surface area contributed by atoms with Crippen molar-refractivity contribution < 1.29 is 14.7 Å². The molecule has 0 radical (unpaired) electrons. The molecule has 0 bridgehead atoms. The van der Waals surface area contributed by atoms with Gasteiger partial charge < -0.3 is 10.6 Å². The van der Waals surface area contributed by atoms with Crippen LogP contribution in [0.15, 0.2) is 30.3 Å². The molecule has 0 spiro atoms. The predicted octanol–water partition coefficient (Wildman–Crippen LogP) is 1.37. The molecule has 0 heterocycles. The van der Waals surface area contributed by atoms with E-state index in [1.54, 1.807) is 0 Å². The van der Waals surface area contributed by atoms with Crippen LogP contribution < -0.4 is 0 Å². The Morgan fingerprint density at radius 2 is 2.00 bits per heavy atom. The van der Waals surface area contributed by atoms with E-state index in [1.807, 2.05) is 30.3 Å². The smallest absolute Gasteiger partial charge is 0.414 e. The topological polar surface area (TPSA) is 73.7 Å². The fourth-order valence-corrected chi connectivity index (χ4v) is 1.11. The molecule has 0 aliphatic carbocycles. The number of benzene rings is 1. The van der Waals surface area contributed by atoms with E-state index in [4.69, 9.17) is 10.6 Å². The highest BCUT2D eigenvalue weighted by atomic mass is 16.4. The van der Waals surface area contributed by atoms with Gasteiger partial charge in [0.1, 0.15) is 0 Å². The number of aryl methyl sites for hydroxylation is 1. The minimum absolute atomic E-state index is 0.214. The number of hydrogen-bond acceptors (Lipinski definition) is 1. The van der Waals surface area contributed by atoms with Crippen LogP contribution in [0.5, 0.6) is 0 Å². The van der Waals surface area contributed by atoms with Crippen LogP contribution in [0.3, 0.4) is 0 Å². The van der Waals surface area contributed by atoms with Crippen molar-refractivity contribution in [2.24, 2.45) is 0 Å². The first-order valence-electron chi connectivity index (χ1n) is 4.22. The summed E-state index contributed by atoms with van der Waals surface area (Å²) in [5.41, 5.74) is 9.19. The number of nitrogens with zero attached hydrogens (tertiary/aromatic N) is 2. The van der Waals surface area contributed by atoms with Crippen molar-refractivity contribution >= 4 is 11.7 Å². The second-order valence-electron chi connectivity index (χ2n) is 2.84. The van der Waals surface area contributed by atoms with Crippen molar-refractivity contribution in [3.05, 3.63) is 41.4 Å². The summed E-state index contributed by atoms with van der Waals surface area (Å²) in [7, 11) is 0. The van der Waals surface area contributed by atoms with Crippen LogP contribution in [0, 0.1) is 0 Å². The van der Waals surface area contributed by atoms with Crippen LogP contribution in [0.2, 0.25) is 0 Å². The normalized spacial score (nSPS) is 9.14. The summed E-state index contributed by atoms with van der Waals surface area (Å²) in [4.78, 5) is 13.2. The van der Waals surface area contributed by atoms with Crippen LogP contribution in [-0.4, -0.2) is 21.6 Å². The van der Waals surface area contributed by atoms with E-state index in [0.29, 0.717) is 6.42 Å². The van der Waals surface area contributed by atoms with Gasteiger partial charge in [0.2, 0.25) is 0 Å². The summed E-state index contributed by atoms with van der Waals surface area (Å²) >= 11 is 0. The van der Waals surface area contributed by atoms with Crippen molar-refractivity contribution in [1.82, 2.24) is 0 Å². The molecular formula is C10H10N2O2. The molecule has 0 saturated carbocycles. The van der Waals surface area contributed by atoms with Gasteiger partial charge in [-0.15, -0.1) is 0 Å². The van der Waals surface area contributed by atoms with Gasteiger partial charge in [0.25, 0.3) is 0 Å². The second-order valence-corrected chi connectivity index (χ2v) is 2.84. The zero-order valence-corrected chi connectivity index (χ0v) is 7.55. The third-order valence-corrected chi connectivity index (χ3v) is 1.86. The molecule has 1 aromatic carbocycles. The predicted molar refractivity (Wildman–Crippen MR) is 51.0 cm³/mol. The fraction of sp³-hybridized carbons (Fsp3) is 0.200. The summed E-state index contributed by atoms with van der Waals surface area (Å²) in [6.07, 6.45) is 0.794. The first kappa shape index (κ1) is 10.2. The number of carbonyl (C=O) groups is 1. The Morgan fingerprint density at radius 1 is 1.36 bits per heavy atom. The van der Waals surface area contributed by atoms with E-state index in [-0.39, 0.29) is 12.1 Å². The highest BCUT2D eigenvalue weighted by Gasteiger charge is 2.17. The molecule has 72 valence electrons. The van der Waals surface area contributed by atoms with E-state index in [1.165, 1.54) is 0 Å². The van der Waals surface area contributed by atoms with Crippen molar-refractivity contribution in [3.63, 3.8) is 0 Å². The Kier molecular flexibility index (Phi) is 3.58. The molecule has 14 heavy (non-hydrogen) atoms. The van der Waals surface area contributed by atoms with E-state index < -0.39 is 5.97 Å². The number of hydrogen-bond donors (Lipinski definition) is 1. The minimum Gasteiger partial charge on any atom is -0.473 e. The maximum Gasteiger partial charge on any atom is 0.414 e. The Hall–Kier alpha value is -1.93. The quantitative estimate of drug-likeness (QED) is 0.442. The highest BCUT2D eigenvalue weighted by Crippen LogP contribution is 2.02. The van der Waals surface area contributed by atoms with Gasteiger partial charge in [0.05, 0.1) is 6.42 Å². The van der Waals surface area contributed by atoms with Crippen molar-refractivity contribution in [3.8, 4) is 0 Å². The van der Waals surface area contributed by atoms with E-state index in [0.717, 1.165) is 5.56 Å². The molecule has 0 amide bonds. The molecule has 0 aliphatic rings. The average Bonchev–Trinajstić information content (AvgIpc) is 2.20. The van der Waals surface area contributed by atoms with Gasteiger partial charge in [-0.25, -0.2) is 4.79 Å². The summed E-state index contributed by atoms with van der Waals surface area (Å²) in [6, 6.07) is 9.45. The molecule has 1 aromatic rings. The lowest BCUT2D eigenvalue weighted by atomic mass is 10.1. The summed E-state index contributed by atoms with van der Waals surface area (Å²) < 4.78 is 0. The van der Waals surface area contributed by atoms with Gasteiger partial charge in [0.15, 0.2) is 0 Å². The number of carboxylic acids is 1. The second kappa shape index (κ2) is 4.94. The molecule has 0 atom stereocenters.